The van der Waals surface area contributed by atoms with Gasteiger partial charge in [0.05, 0.1) is 12.1 Å². The zero-order valence-corrected chi connectivity index (χ0v) is 21.3. The molecule has 5 heterocycles. The molecule has 39 heavy (non-hydrogen) atoms. The molecule has 1 aromatic carbocycles. The highest BCUT2D eigenvalue weighted by Crippen LogP contribution is 2.27. The molecule has 2 fully saturated rings. The quantitative estimate of drug-likeness (QED) is 0.536. The number of rotatable bonds is 3. The summed E-state index contributed by atoms with van der Waals surface area (Å²) < 4.78 is 6.06. The average Bonchev–Trinajstić information content (AvgIpc) is 3.37. The lowest BCUT2D eigenvalue weighted by Crippen LogP contribution is -2.61. The van der Waals surface area contributed by atoms with Crippen LogP contribution in [0.1, 0.15) is 32.7 Å². The maximum absolute atomic E-state index is 14.1. The Hall–Kier alpha value is -4.38. The number of hydrogen-bond donors (Lipinski definition) is 1. The molecule has 0 unspecified atom stereocenters. The lowest BCUT2D eigenvalue weighted by atomic mass is 10.1. The Kier molecular flexibility index (Phi) is 6.89. The van der Waals surface area contributed by atoms with E-state index < -0.39 is 12.1 Å². The van der Waals surface area contributed by atoms with Crippen LogP contribution in [-0.4, -0.2) is 98.3 Å². The van der Waals surface area contributed by atoms with Crippen LogP contribution in [-0.2, 0) is 11.3 Å². The Bertz CT molecular complexity index is 1360. The average molecular weight is 528 g/mol. The van der Waals surface area contributed by atoms with Crippen LogP contribution < -0.4 is 10.1 Å². The molecule has 0 radical (unpaired) electrons. The predicted octanol–water partition coefficient (Wildman–Crippen LogP) is 0.990. The van der Waals surface area contributed by atoms with Crippen molar-refractivity contribution in [3.63, 3.8) is 0 Å². The van der Waals surface area contributed by atoms with Crippen LogP contribution in [0.3, 0.4) is 0 Å². The zero-order valence-electron chi connectivity index (χ0n) is 21.3. The Labute approximate surface area is 225 Å². The van der Waals surface area contributed by atoms with E-state index in [2.05, 4.69) is 25.2 Å². The second kappa shape index (κ2) is 10.8. The second-order valence-electron chi connectivity index (χ2n) is 10.1. The molecule has 0 saturated carbocycles. The standard InChI is InChI=1S/C28H29N7O4/c36-25-23-7-4-8-31-26(23)39-17-22-16-33(27(37)20-5-2-1-3-6-20)9-10-35(22)28(38)24-11-21(32-25)15-34(24)14-19-12-29-18-30-13-19/h1-8,12-13,18,21-22,24H,9-11,14-17H2,(H,32,36)/t21-,22+,24+/m1/s1. The van der Waals surface area contributed by atoms with Crippen molar-refractivity contribution in [3.05, 3.63) is 84.1 Å². The molecule has 3 aromatic rings. The summed E-state index contributed by atoms with van der Waals surface area (Å²) in [6.07, 6.45) is 7.00. The van der Waals surface area contributed by atoms with E-state index in [1.54, 1.807) is 47.8 Å². The van der Waals surface area contributed by atoms with E-state index in [1.807, 2.05) is 23.1 Å². The first-order chi connectivity index (χ1) is 19.1. The Balaban J connectivity index is 1.31. The van der Waals surface area contributed by atoms with Gasteiger partial charge >= 0.3 is 0 Å². The van der Waals surface area contributed by atoms with Gasteiger partial charge in [-0.25, -0.2) is 15.0 Å². The molecule has 0 spiro atoms. The number of amides is 3. The number of nitrogens with one attached hydrogen (secondary N) is 1. The lowest BCUT2D eigenvalue weighted by molar-refractivity contribution is -0.141. The fraction of sp³-hybridized carbons (Fsp3) is 0.357. The molecule has 1 N–H and O–H groups in total. The van der Waals surface area contributed by atoms with Crippen LogP contribution in [0.5, 0.6) is 5.88 Å². The molecular weight excluding hydrogens is 498 g/mol. The number of carbonyl (C=O) groups is 3. The lowest BCUT2D eigenvalue weighted by Gasteiger charge is -2.43. The zero-order chi connectivity index (χ0) is 26.8. The van der Waals surface area contributed by atoms with Gasteiger partial charge in [0.25, 0.3) is 11.8 Å². The summed E-state index contributed by atoms with van der Waals surface area (Å²) in [5.41, 5.74) is 1.83. The normalized spacial score (nSPS) is 23.5. The van der Waals surface area contributed by atoms with Crippen molar-refractivity contribution in [2.24, 2.45) is 0 Å². The van der Waals surface area contributed by atoms with Crippen molar-refractivity contribution < 1.29 is 19.1 Å². The smallest absolute Gasteiger partial charge is 0.257 e. The monoisotopic (exact) mass is 527 g/mol. The minimum atomic E-state index is -0.442. The Morgan fingerprint density at radius 3 is 2.67 bits per heavy atom. The number of nitrogens with zero attached hydrogens (tertiary/aromatic N) is 6. The summed E-state index contributed by atoms with van der Waals surface area (Å²) in [4.78, 5) is 58.8. The summed E-state index contributed by atoms with van der Waals surface area (Å²) in [5, 5.41) is 3.08. The van der Waals surface area contributed by atoms with Gasteiger partial charge in [-0.3, -0.25) is 19.3 Å². The van der Waals surface area contributed by atoms with Gasteiger partial charge in [-0.1, -0.05) is 18.2 Å². The molecule has 6 rings (SSSR count). The number of likely N-dealkylation sites (tertiary alicyclic amines) is 1. The topological polar surface area (TPSA) is 121 Å². The highest BCUT2D eigenvalue weighted by molar-refractivity contribution is 5.97. The minimum Gasteiger partial charge on any atom is -0.475 e. The van der Waals surface area contributed by atoms with E-state index >= 15 is 0 Å². The van der Waals surface area contributed by atoms with Crippen molar-refractivity contribution in [2.45, 2.75) is 31.1 Å². The van der Waals surface area contributed by atoms with Gasteiger partial charge in [0.2, 0.25) is 11.8 Å². The molecule has 3 aliphatic heterocycles. The minimum absolute atomic E-state index is 0.0363. The highest BCUT2D eigenvalue weighted by Gasteiger charge is 2.43. The Morgan fingerprint density at radius 1 is 1.03 bits per heavy atom. The number of benzene rings is 1. The molecule has 11 heteroatoms. The van der Waals surface area contributed by atoms with Gasteiger partial charge in [0, 0.05) is 68.5 Å². The third kappa shape index (κ3) is 5.17. The first kappa shape index (κ1) is 24.9. The van der Waals surface area contributed by atoms with Crippen molar-refractivity contribution in [1.29, 1.82) is 0 Å². The molecule has 2 bridgehead atoms. The van der Waals surface area contributed by atoms with E-state index in [1.165, 1.54) is 6.33 Å². The van der Waals surface area contributed by atoms with Gasteiger partial charge in [-0.15, -0.1) is 0 Å². The first-order valence-corrected chi connectivity index (χ1v) is 13.1. The van der Waals surface area contributed by atoms with E-state index in [0.29, 0.717) is 50.3 Å². The number of carbonyl (C=O) groups excluding carboxylic acids is 3. The van der Waals surface area contributed by atoms with Crippen molar-refractivity contribution in [2.75, 3.05) is 32.8 Å². The number of piperazine rings is 1. The van der Waals surface area contributed by atoms with Crippen LogP contribution in [0.2, 0.25) is 0 Å². The molecule has 3 aliphatic rings. The Morgan fingerprint density at radius 2 is 1.85 bits per heavy atom. The first-order valence-electron chi connectivity index (χ1n) is 13.1. The van der Waals surface area contributed by atoms with Crippen molar-refractivity contribution >= 4 is 17.7 Å². The summed E-state index contributed by atoms with van der Waals surface area (Å²) in [6, 6.07) is 11.4. The number of aromatic nitrogens is 3. The SMILES string of the molecule is O=C1N[C@@H]2C[C@@H](C(=O)N3CCN(C(=O)c4ccccc4)C[C@H]3COc3ncccc31)N(Cc1cncnc1)C2. The molecule has 200 valence electrons. The van der Waals surface area contributed by atoms with Gasteiger partial charge in [-0.05, 0) is 30.7 Å². The summed E-state index contributed by atoms with van der Waals surface area (Å²) in [5.74, 6) is -0.201. The van der Waals surface area contributed by atoms with Crippen LogP contribution in [0.15, 0.2) is 67.4 Å². The van der Waals surface area contributed by atoms with E-state index in [0.717, 1.165) is 5.56 Å². The third-order valence-electron chi connectivity index (χ3n) is 7.53. The number of hydrogen-bond acceptors (Lipinski definition) is 8. The summed E-state index contributed by atoms with van der Waals surface area (Å²) in [7, 11) is 0. The van der Waals surface area contributed by atoms with E-state index in [-0.39, 0.29) is 36.3 Å². The van der Waals surface area contributed by atoms with Gasteiger partial charge in [-0.2, -0.15) is 0 Å². The largest absolute Gasteiger partial charge is 0.475 e. The fourth-order valence-electron chi connectivity index (χ4n) is 5.63. The molecular formula is C28H29N7O4. The molecule has 3 atom stereocenters. The van der Waals surface area contributed by atoms with Crippen LogP contribution in [0, 0.1) is 0 Å². The van der Waals surface area contributed by atoms with Gasteiger partial charge in [0.1, 0.15) is 18.5 Å². The third-order valence-corrected chi connectivity index (χ3v) is 7.53. The van der Waals surface area contributed by atoms with E-state index in [9.17, 15) is 14.4 Å². The number of pyridine rings is 1. The number of fused-ring (bicyclic) bond motifs is 4. The second-order valence-corrected chi connectivity index (χ2v) is 10.1. The maximum Gasteiger partial charge on any atom is 0.257 e. The van der Waals surface area contributed by atoms with E-state index in [4.69, 9.17) is 4.74 Å². The predicted molar refractivity (Wildman–Crippen MR) is 140 cm³/mol. The fourth-order valence-corrected chi connectivity index (χ4v) is 5.63. The van der Waals surface area contributed by atoms with Gasteiger partial charge < -0.3 is 19.9 Å². The molecule has 3 amide bonds. The molecule has 0 aliphatic carbocycles. The summed E-state index contributed by atoms with van der Waals surface area (Å²) in [6.45, 7) is 2.21. The maximum atomic E-state index is 14.1. The number of ether oxygens (including phenoxy) is 1. The van der Waals surface area contributed by atoms with Crippen molar-refractivity contribution in [3.8, 4) is 5.88 Å². The molecule has 11 nitrogen and oxygen atoms in total. The van der Waals surface area contributed by atoms with Crippen LogP contribution >= 0.6 is 0 Å². The van der Waals surface area contributed by atoms with Crippen LogP contribution in [0.4, 0.5) is 0 Å². The van der Waals surface area contributed by atoms with Crippen LogP contribution in [0.25, 0.3) is 0 Å². The highest BCUT2D eigenvalue weighted by atomic mass is 16.5. The summed E-state index contributed by atoms with van der Waals surface area (Å²) >= 11 is 0. The van der Waals surface area contributed by atoms with Gasteiger partial charge in [0.15, 0.2) is 0 Å². The molecule has 2 aromatic heterocycles. The molecule has 2 saturated heterocycles. The van der Waals surface area contributed by atoms with Crippen molar-refractivity contribution in [1.82, 2.24) is 35.0 Å².